The van der Waals surface area contributed by atoms with Crippen LogP contribution in [0.15, 0.2) is 59.7 Å². The molecular formula is C24H22FN5O. The van der Waals surface area contributed by atoms with Gasteiger partial charge in [0.15, 0.2) is 0 Å². The van der Waals surface area contributed by atoms with Gasteiger partial charge < -0.3 is 9.55 Å². The minimum absolute atomic E-state index is 0.0299. The number of likely N-dealkylation sites (tertiary alicyclic amines) is 1. The number of rotatable bonds is 3. The first-order valence-corrected chi connectivity index (χ1v) is 10.7. The van der Waals surface area contributed by atoms with Crippen LogP contribution >= 0.6 is 0 Å². The summed E-state index contributed by atoms with van der Waals surface area (Å²) in [6.07, 6.45) is 4.49. The number of H-pyrrole nitrogens is 1. The largest absolute Gasteiger partial charge is 0.344 e. The van der Waals surface area contributed by atoms with E-state index in [-0.39, 0.29) is 11.4 Å². The van der Waals surface area contributed by atoms with E-state index < -0.39 is 0 Å². The van der Waals surface area contributed by atoms with Crippen molar-refractivity contribution in [1.82, 2.24) is 24.4 Å². The number of hydrogen-bond donors (Lipinski definition) is 1. The molecule has 2 aliphatic rings. The van der Waals surface area contributed by atoms with E-state index in [2.05, 4.69) is 25.9 Å². The van der Waals surface area contributed by atoms with E-state index in [1.807, 2.05) is 28.8 Å². The Morgan fingerprint density at radius 3 is 2.90 bits per heavy atom. The van der Waals surface area contributed by atoms with Crippen molar-refractivity contribution in [2.45, 2.75) is 25.4 Å². The molecule has 0 radical (unpaired) electrons. The van der Waals surface area contributed by atoms with Crippen LogP contribution in [0.2, 0.25) is 0 Å². The molecule has 0 saturated carbocycles. The molecule has 6 rings (SSSR count). The average molecular weight is 415 g/mol. The van der Waals surface area contributed by atoms with Crippen molar-refractivity contribution < 1.29 is 4.39 Å². The zero-order valence-electron chi connectivity index (χ0n) is 17.0. The summed E-state index contributed by atoms with van der Waals surface area (Å²) in [6, 6.07) is 12.9. The molecule has 4 aromatic rings. The summed E-state index contributed by atoms with van der Waals surface area (Å²) in [5, 5.41) is 0.819. The minimum Gasteiger partial charge on any atom is -0.344 e. The molecule has 156 valence electrons. The maximum atomic E-state index is 14.2. The quantitative estimate of drug-likeness (QED) is 0.556. The molecule has 0 aliphatic carbocycles. The van der Waals surface area contributed by atoms with Crippen LogP contribution in [-0.2, 0) is 13.1 Å². The van der Waals surface area contributed by atoms with E-state index >= 15 is 0 Å². The molecule has 0 amide bonds. The van der Waals surface area contributed by atoms with E-state index in [4.69, 9.17) is 0 Å². The average Bonchev–Trinajstić information content (AvgIpc) is 3.30. The van der Waals surface area contributed by atoms with Gasteiger partial charge >= 0.3 is 0 Å². The number of hydrogen-bond acceptors (Lipinski definition) is 4. The molecule has 1 aromatic carbocycles. The Bertz CT molecular complexity index is 1330. The molecule has 31 heavy (non-hydrogen) atoms. The molecule has 2 aliphatic heterocycles. The molecule has 0 unspecified atom stereocenters. The highest BCUT2D eigenvalue weighted by Gasteiger charge is 2.35. The summed E-state index contributed by atoms with van der Waals surface area (Å²) in [5.74, 6) is 1.05. The normalized spacial score (nSPS) is 20.7. The van der Waals surface area contributed by atoms with E-state index in [9.17, 15) is 9.18 Å². The van der Waals surface area contributed by atoms with Crippen molar-refractivity contribution in [3.05, 3.63) is 82.4 Å². The van der Waals surface area contributed by atoms with Gasteiger partial charge in [-0.1, -0.05) is 18.2 Å². The Labute approximate surface area is 178 Å². The Morgan fingerprint density at radius 2 is 2.03 bits per heavy atom. The Morgan fingerprint density at radius 1 is 1.10 bits per heavy atom. The molecule has 6 nitrogen and oxygen atoms in total. The summed E-state index contributed by atoms with van der Waals surface area (Å²) in [7, 11) is 0. The molecule has 1 fully saturated rings. The zero-order chi connectivity index (χ0) is 20.9. The molecule has 5 heterocycles. The van der Waals surface area contributed by atoms with Gasteiger partial charge in [-0.15, -0.1) is 0 Å². The summed E-state index contributed by atoms with van der Waals surface area (Å²) in [4.78, 5) is 27.4. The minimum atomic E-state index is -0.282. The fraction of sp³-hybridized carbons (Fsp3) is 0.292. The number of nitrogens with one attached hydrogen (secondary N) is 1. The Kier molecular flexibility index (Phi) is 4.24. The van der Waals surface area contributed by atoms with Crippen LogP contribution in [0.5, 0.6) is 0 Å². The van der Waals surface area contributed by atoms with Gasteiger partial charge in [-0.05, 0) is 36.6 Å². The van der Waals surface area contributed by atoms with Gasteiger partial charge in [-0.3, -0.25) is 9.69 Å². The fourth-order valence-electron chi connectivity index (χ4n) is 5.24. The monoisotopic (exact) mass is 415 g/mol. The molecule has 2 atom stereocenters. The van der Waals surface area contributed by atoms with Crippen LogP contribution in [0.1, 0.15) is 23.7 Å². The van der Waals surface area contributed by atoms with Crippen LogP contribution in [0.25, 0.3) is 22.3 Å². The van der Waals surface area contributed by atoms with Gasteiger partial charge in [-0.2, -0.15) is 0 Å². The van der Waals surface area contributed by atoms with Crippen LogP contribution in [0.3, 0.4) is 0 Å². The number of aromatic nitrogens is 4. The summed E-state index contributed by atoms with van der Waals surface area (Å²) < 4.78 is 16.1. The number of halogens is 1. The van der Waals surface area contributed by atoms with E-state index in [1.54, 1.807) is 18.5 Å². The number of para-hydroxylation sites is 1. The number of nitrogens with zero attached hydrogens (tertiary/aromatic N) is 4. The second-order valence-electron chi connectivity index (χ2n) is 8.63. The highest BCUT2D eigenvalue weighted by atomic mass is 19.1. The first-order chi connectivity index (χ1) is 15.2. The van der Waals surface area contributed by atoms with Crippen LogP contribution in [0.4, 0.5) is 4.39 Å². The lowest BCUT2D eigenvalue weighted by atomic mass is 9.83. The number of pyridine rings is 2. The van der Waals surface area contributed by atoms with Crippen LogP contribution < -0.4 is 5.56 Å². The van der Waals surface area contributed by atoms with Gasteiger partial charge in [0.05, 0.1) is 11.3 Å². The second-order valence-corrected chi connectivity index (χ2v) is 8.63. The van der Waals surface area contributed by atoms with E-state index in [0.717, 1.165) is 42.8 Å². The predicted octanol–water partition coefficient (Wildman–Crippen LogP) is 3.55. The Hall–Kier alpha value is -3.32. The molecule has 0 spiro atoms. The van der Waals surface area contributed by atoms with Crippen molar-refractivity contribution >= 4 is 10.9 Å². The fourth-order valence-corrected chi connectivity index (χ4v) is 5.24. The number of imidazole rings is 1. The smallest absolute Gasteiger partial charge is 0.261 e. The highest BCUT2D eigenvalue weighted by molar-refractivity contribution is 5.79. The van der Waals surface area contributed by atoms with Gasteiger partial charge in [0.1, 0.15) is 17.2 Å². The predicted molar refractivity (Wildman–Crippen MR) is 116 cm³/mol. The van der Waals surface area contributed by atoms with Crippen molar-refractivity contribution in [2.24, 2.45) is 5.92 Å². The van der Waals surface area contributed by atoms with Crippen molar-refractivity contribution in [2.75, 3.05) is 13.1 Å². The van der Waals surface area contributed by atoms with Gasteiger partial charge in [-0.25, -0.2) is 14.4 Å². The van der Waals surface area contributed by atoms with Gasteiger partial charge in [0.25, 0.3) is 5.56 Å². The van der Waals surface area contributed by atoms with Crippen LogP contribution in [0, 0.1) is 11.7 Å². The summed E-state index contributed by atoms with van der Waals surface area (Å²) >= 11 is 0. The third-order valence-electron chi connectivity index (χ3n) is 6.55. The standard InChI is InChI=1S/C24H22FN5O/c25-20-3-1-2-16-4-5-18(28-22(16)20)14-29-11-15-10-17(13-29)21-7-6-19(23-26-8-9-27-23)24(31)30(21)12-15/h1-9,15,17H,10-14H2,(H,26,27)/t15-,17+/m0/s1. The third kappa shape index (κ3) is 3.16. The maximum absolute atomic E-state index is 14.2. The van der Waals surface area contributed by atoms with Crippen molar-refractivity contribution in [3.8, 4) is 11.4 Å². The lowest BCUT2D eigenvalue weighted by Crippen LogP contribution is -2.47. The lowest BCUT2D eigenvalue weighted by molar-refractivity contribution is 0.113. The number of fused-ring (bicyclic) bond motifs is 5. The van der Waals surface area contributed by atoms with Crippen molar-refractivity contribution in [3.63, 3.8) is 0 Å². The van der Waals surface area contributed by atoms with Gasteiger partial charge in [0.2, 0.25) is 0 Å². The van der Waals surface area contributed by atoms with E-state index in [1.165, 1.54) is 6.07 Å². The molecule has 7 heteroatoms. The molecular weight excluding hydrogens is 393 g/mol. The summed E-state index contributed by atoms with van der Waals surface area (Å²) in [6.45, 7) is 3.18. The van der Waals surface area contributed by atoms with Crippen LogP contribution in [-0.4, -0.2) is 37.5 Å². The molecule has 1 saturated heterocycles. The Balaban J connectivity index is 1.28. The highest BCUT2D eigenvalue weighted by Crippen LogP contribution is 2.36. The number of piperidine rings is 1. The number of benzene rings is 1. The SMILES string of the molecule is O=c1c(-c2ncc[nH]2)ccc2n1C[C@H]1C[C@@H]2CN(Cc2ccc3cccc(F)c3n2)C1. The second kappa shape index (κ2) is 7.13. The van der Waals surface area contributed by atoms with Gasteiger partial charge in [0, 0.05) is 55.6 Å². The number of aromatic amines is 1. The topological polar surface area (TPSA) is 66.8 Å². The van der Waals surface area contributed by atoms with Crippen molar-refractivity contribution in [1.29, 1.82) is 0 Å². The summed E-state index contributed by atoms with van der Waals surface area (Å²) in [5.41, 5.74) is 3.05. The lowest BCUT2D eigenvalue weighted by Gasteiger charge is -2.42. The maximum Gasteiger partial charge on any atom is 0.261 e. The zero-order valence-corrected chi connectivity index (χ0v) is 17.0. The molecule has 1 N–H and O–H groups in total. The first-order valence-electron chi connectivity index (χ1n) is 10.7. The van der Waals surface area contributed by atoms with E-state index in [0.29, 0.717) is 35.3 Å². The molecule has 2 bridgehead atoms. The first kappa shape index (κ1) is 18.4. The third-order valence-corrected chi connectivity index (χ3v) is 6.55. The molecule has 3 aromatic heterocycles.